The molecule has 1 heterocycles. The van der Waals surface area contributed by atoms with Crippen molar-refractivity contribution in [2.45, 2.75) is 31.8 Å². The van der Waals surface area contributed by atoms with Crippen LogP contribution in [0.15, 0.2) is 24.3 Å². The number of carbonyl (C=O) groups is 1. The fourth-order valence-corrected chi connectivity index (χ4v) is 2.58. The molecule has 4 heteroatoms. The van der Waals surface area contributed by atoms with Gasteiger partial charge in [-0.25, -0.2) is 0 Å². The van der Waals surface area contributed by atoms with Gasteiger partial charge in [-0.05, 0) is 37.1 Å². The van der Waals surface area contributed by atoms with Crippen LogP contribution in [0.3, 0.4) is 0 Å². The first-order valence-corrected chi connectivity index (χ1v) is 7.32. The van der Waals surface area contributed by atoms with Gasteiger partial charge in [-0.15, -0.1) is 0 Å². The second-order valence-corrected chi connectivity index (χ2v) is 5.76. The standard InChI is InChI=1S/C16H25N3O/c1-18(2)14-9-7-13(8-10-14)12-19(3)16(20)15-6-4-5-11-17-15/h7-10,15,17H,4-6,11-12H2,1-3H3. The second-order valence-electron chi connectivity index (χ2n) is 5.76. The topological polar surface area (TPSA) is 35.6 Å². The highest BCUT2D eigenvalue weighted by Gasteiger charge is 2.23. The third-order valence-corrected chi connectivity index (χ3v) is 3.86. The van der Waals surface area contributed by atoms with E-state index in [4.69, 9.17) is 0 Å². The molecule has 0 radical (unpaired) electrons. The van der Waals surface area contributed by atoms with Crippen molar-refractivity contribution >= 4 is 11.6 Å². The van der Waals surface area contributed by atoms with E-state index in [0.717, 1.165) is 19.4 Å². The zero-order chi connectivity index (χ0) is 14.5. The van der Waals surface area contributed by atoms with Crippen LogP contribution in [0.1, 0.15) is 24.8 Å². The summed E-state index contributed by atoms with van der Waals surface area (Å²) in [6.45, 7) is 1.63. The Balaban J connectivity index is 1.92. The van der Waals surface area contributed by atoms with E-state index < -0.39 is 0 Å². The monoisotopic (exact) mass is 275 g/mol. The fraction of sp³-hybridized carbons (Fsp3) is 0.562. The highest BCUT2D eigenvalue weighted by molar-refractivity contribution is 5.81. The fourth-order valence-electron chi connectivity index (χ4n) is 2.58. The Morgan fingerprint density at radius 2 is 1.90 bits per heavy atom. The molecule has 1 atom stereocenters. The van der Waals surface area contributed by atoms with Gasteiger partial charge in [-0.1, -0.05) is 18.6 Å². The number of piperidine rings is 1. The molecule has 1 aliphatic rings. The van der Waals surface area contributed by atoms with E-state index >= 15 is 0 Å². The van der Waals surface area contributed by atoms with Gasteiger partial charge in [0.05, 0.1) is 6.04 Å². The van der Waals surface area contributed by atoms with Crippen LogP contribution in [-0.2, 0) is 11.3 Å². The molecule has 0 bridgehead atoms. The van der Waals surface area contributed by atoms with Crippen LogP contribution in [0.4, 0.5) is 5.69 Å². The highest BCUT2D eigenvalue weighted by Crippen LogP contribution is 2.15. The maximum atomic E-state index is 12.3. The summed E-state index contributed by atoms with van der Waals surface area (Å²) in [6, 6.07) is 8.37. The van der Waals surface area contributed by atoms with Crippen molar-refractivity contribution in [2.24, 2.45) is 0 Å². The largest absolute Gasteiger partial charge is 0.378 e. The smallest absolute Gasteiger partial charge is 0.239 e. The van der Waals surface area contributed by atoms with Crippen molar-refractivity contribution in [3.05, 3.63) is 29.8 Å². The number of nitrogens with one attached hydrogen (secondary N) is 1. The number of likely N-dealkylation sites (N-methyl/N-ethyl adjacent to an activating group) is 1. The van der Waals surface area contributed by atoms with Crippen LogP contribution in [0, 0.1) is 0 Å². The Bertz CT molecular complexity index is 436. The number of hydrogen-bond acceptors (Lipinski definition) is 3. The lowest BCUT2D eigenvalue weighted by atomic mass is 10.0. The van der Waals surface area contributed by atoms with E-state index in [2.05, 4.69) is 34.5 Å². The number of carbonyl (C=O) groups excluding carboxylic acids is 1. The molecule has 1 aromatic carbocycles. The zero-order valence-corrected chi connectivity index (χ0v) is 12.7. The summed E-state index contributed by atoms with van der Waals surface area (Å²) in [4.78, 5) is 16.2. The van der Waals surface area contributed by atoms with Crippen LogP contribution in [0.5, 0.6) is 0 Å². The Kier molecular flexibility index (Phi) is 5.01. The zero-order valence-electron chi connectivity index (χ0n) is 12.7. The Labute approximate surface area is 121 Å². The quantitative estimate of drug-likeness (QED) is 0.911. The maximum Gasteiger partial charge on any atom is 0.239 e. The molecular weight excluding hydrogens is 250 g/mol. The van der Waals surface area contributed by atoms with Gasteiger partial charge in [0.15, 0.2) is 0 Å². The Morgan fingerprint density at radius 3 is 2.45 bits per heavy atom. The van der Waals surface area contributed by atoms with Crippen molar-refractivity contribution < 1.29 is 4.79 Å². The molecule has 0 saturated carbocycles. The Morgan fingerprint density at radius 1 is 1.20 bits per heavy atom. The first kappa shape index (κ1) is 14.9. The highest BCUT2D eigenvalue weighted by atomic mass is 16.2. The summed E-state index contributed by atoms with van der Waals surface area (Å²) in [5, 5.41) is 3.31. The number of rotatable bonds is 4. The van der Waals surface area contributed by atoms with Gasteiger partial charge < -0.3 is 15.1 Å². The van der Waals surface area contributed by atoms with E-state index in [1.165, 1.54) is 17.7 Å². The lowest BCUT2D eigenvalue weighted by Crippen LogP contribution is -2.46. The molecule has 20 heavy (non-hydrogen) atoms. The van der Waals surface area contributed by atoms with E-state index in [9.17, 15) is 4.79 Å². The summed E-state index contributed by atoms with van der Waals surface area (Å²) >= 11 is 0. The third kappa shape index (κ3) is 3.73. The molecular formula is C16H25N3O. The first-order valence-electron chi connectivity index (χ1n) is 7.32. The molecule has 1 N–H and O–H groups in total. The van der Waals surface area contributed by atoms with Gasteiger partial charge in [-0.3, -0.25) is 4.79 Å². The van der Waals surface area contributed by atoms with Gasteiger partial charge in [-0.2, -0.15) is 0 Å². The van der Waals surface area contributed by atoms with Crippen molar-refractivity contribution in [3.63, 3.8) is 0 Å². The van der Waals surface area contributed by atoms with Gasteiger partial charge in [0.1, 0.15) is 0 Å². The van der Waals surface area contributed by atoms with Crippen molar-refractivity contribution in [1.29, 1.82) is 0 Å². The molecule has 1 aliphatic heterocycles. The number of nitrogens with zero attached hydrogens (tertiary/aromatic N) is 2. The molecule has 0 spiro atoms. The molecule has 1 aromatic rings. The lowest BCUT2D eigenvalue weighted by molar-refractivity contribution is -0.133. The van der Waals surface area contributed by atoms with Crippen LogP contribution in [0.25, 0.3) is 0 Å². The molecule has 2 rings (SSSR count). The van der Waals surface area contributed by atoms with Crippen LogP contribution in [0.2, 0.25) is 0 Å². The lowest BCUT2D eigenvalue weighted by Gasteiger charge is -2.27. The molecule has 110 valence electrons. The molecule has 1 saturated heterocycles. The molecule has 0 aliphatic carbocycles. The van der Waals surface area contributed by atoms with Crippen LogP contribution >= 0.6 is 0 Å². The number of hydrogen-bond donors (Lipinski definition) is 1. The molecule has 1 fully saturated rings. The minimum absolute atomic E-state index is 0.00907. The summed E-state index contributed by atoms with van der Waals surface area (Å²) < 4.78 is 0. The SMILES string of the molecule is CN(Cc1ccc(N(C)C)cc1)C(=O)C1CCCCN1. The average molecular weight is 275 g/mol. The normalized spacial score (nSPS) is 18.6. The summed E-state index contributed by atoms with van der Waals surface area (Å²) in [7, 11) is 5.94. The number of amides is 1. The van der Waals surface area contributed by atoms with Crippen LogP contribution < -0.4 is 10.2 Å². The first-order chi connectivity index (χ1) is 9.58. The van der Waals surface area contributed by atoms with E-state index in [1.807, 2.05) is 26.0 Å². The van der Waals surface area contributed by atoms with Gasteiger partial charge in [0.2, 0.25) is 5.91 Å². The minimum Gasteiger partial charge on any atom is -0.378 e. The third-order valence-electron chi connectivity index (χ3n) is 3.86. The molecule has 0 aromatic heterocycles. The summed E-state index contributed by atoms with van der Waals surface area (Å²) in [5.74, 6) is 0.210. The van der Waals surface area contributed by atoms with Gasteiger partial charge in [0, 0.05) is 33.4 Å². The van der Waals surface area contributed by atoms with Gasteiger partial charge in [0.25, 0.3) is 0 Å². The van der Waals surface area contributed by atoms with Crippen molar-refractivity contribution in [1.82, 2.24) is 10.2 Å². The van der Waals surface area contributed by atoms with E-state index in [-0.39, 0.29) is 11.9 Å². The predicted molar refractivity (Wildman–Crippen MR) is 82.9 cm³/mol. The van der Waals surface area contributed by atoms with Gasteiger partial charge >= 0.3 is 0 Å². The molecule has 1 amide bonds. The van der Waals surface area contributed by atoms with Crippen LogP contribution in [-0.4, -0.2) is 44.5 Å². The van der Waals surface area contributed by atoms with Crippen molar-refractivity contribution in [3.8, 4) is 0 Å². The second kappa shape index (κ2) is 6.75. The average Bonchev–Trinajstić information content (AvgIpc) is 2.48. The Hall–Kier alpha value is -1.55. The van der Waals surface area contributed by atoms with E-state index in [1.54, 1.807) is 0 Å². The van der Waals surface area contributed by atoms with Crippen molar-refractivity contribution in [2.75, 3.05) is 32.6 Å². The number of anilines is 1. The maximum absolute atomic E-state index is 12.3. The van der Waals surface area contributed by atoms with E-state index in [0.29, 0.717) is 6.54 Å². The summed E-state index contributed by atoms with van der Waals surface area (Å²) in [6.07, 6.45) is 3.29. The summed E-state index contributed by atoms with van der Waals surface area (Å²) in [5.41, 5.74) is 2.35. The molecule has 1 unspecified atom stereocenters. The predicted octanol–water partition coefficient (Wildman–Crippen LogP) is 1.85. The molecule has 4 nitrogen and oxygen atoms in total. The number of benzene rings is 1. The minimum atomic E-state index is 0.00907.